The lowest BCUT2D eigenvalue weighted by Crippen LogP contribution is -2.49. The number of carbonyl (C=O) groups is 1. The van der Waals surface area contributed by atoms with E-state index >= 15 is 0 Å². The van der Waals surface area contributed by atoms with E-state index < -0.39 is 0 Å². The van der Waals surface area contributed by atoms with E-state index in [1.807, 2.05) is 41.3 Å². The van der Waals surface area contributed by atoms with Gasteiger partial charge in [-0.05, 0) is 29.8 Å². The summed E-state index contributed by atoms with van der Waals surface area (Å²) >= 11 is 0. The largest absolute Gasteiger partial charge is 0.454 e. The van der Waals surface area contributed by atoms with Crippen LogP contribution in [0.4, 0.5) is 4.79 Å². The molecule has 1 aromatic heterocycles. The maximum atomic E-state index is 12.8. The number of piperazine rings is 1. The summed E-state index contributed by atoms with van der Waals surface area (Å²) in [5.41, 5.74) is 2.65. The van der Waals surface area contributed by atoms with Crippen molar-refractivity contribution < 1.29 is 14.3 Å². The monoisotopic (exact) mass is 365 g/mol. The van der Waals surface area contributed by atoms with Crippen LogP contribution < -0.4 is 9.47 Å². The second-order valence-corrected chi connectivity index (χ2v) is 6.72. The Morgan fingerprint density at radius 3 is 2.70 bits per heavy atom. The Balaban J connectivity index is 1.23. The van der Waals surface area contributed by atoms with Gasteiger partial charge in [-0.25, -0.2) is 4.79 Å². The van der Waals surface area contributed by atoms with Crippen molar-refractivity contribution in [2.24, 2.45) is 0 Å². The van der Waals surface area contributed by atoms with Crippen LogP contribution in [0.3, 0.4) is 0 Å². The van der Waals surface area contributed by atoms with Crippen LogP contribution in [0.25, 0.3) is 11.0 Å². The lowest BCUT2D eigenvalue weighted by Gasteiger charge is -2.34. The smallest absolute Gasteiger partial charge is 0.346 e. The van der Waals surface area contributed by atoms with Crippen LogP contribution in [0.5, 0.6) is 11.5 Å². The van der Waals surface area contributed by atoms with Crippen molar-refractivity contribution in [3.8, 4) is 11.5 Å². The molecule has 1 saturated heterocycles. The average molecular weight is 365 g/mol. The number of aromatic nitrogens is 3. The van der Waals surface area contributed by atoms with Gasteiger partial charge in [0, 0.05) is 32.7 Å². The molecule has 5 rings (SSSR count). The second-order valence-electron chi connectivity index (χ2n) is 6.72. The molecule has 0 radical (unpaired) electrons. The number of rotatable bonds is 2. The zero-order valence-corrected chi connectivity index (χ0v) is 14.7. The molecule has 3 heterocycles. The second kappa shape index (κ2) is 6.55. The van der Waals surface area contributed by atoms with Crippen molar-refractivity contribution in [2.45, 2.75) is 6.54 Å². The van der Waals surface area contributed by atoms with Crippen molar-refractivity contribution in [1.29, 1.82) is 0 Å². The molecule has 0 bridgehead atoms. The van der Waals surface area contributed by atoms with Gasteiger partial charge >= 0.3 is 6.03 Å². The molecule has 0 unspecified atom stereocenters. The molecule has 0 atom stereocenters. The summed E-state index contributed by atoms with van der Waals surface area (Å²) in [4.78, 5) is 17.0. The van der Waals surface area contributed by atoms with Crippen molar-refractivity contribution in [2.75, 3.05) is 33.0 Å². The van der Waals surface area contributed by atoms with E-state index in [1.54, 1.807) is 0 Å². The molecule has 8 nitrogen and oxygen atoms in total. The topological polar surface area (TPSA) is 72.7 Å². The van der Waals surface area contributed by atoms with Gasteiger partial charge in [-0.1, -0.05) is 23.4 Å². The van der Waals surface area contributed by atoms with E-state index in [0.717, 1.165) is 42.2 Å². The minimum Gasteiger partial charge on any atom is -0.454 e. The molecule has 2 aliphatic heterocycles. The van der Waals surface area contributed by atoms with Gasteiger partial charge in [0.05, 0.1) is 5.52 Å². The Kier molecular flexibility index (Phi) is 3.90. The summed E-state index contributed by atoms with van der Waals surface area (Å²) in [5.74, 6) is 1.61. The molecule has 1 amide bonds. The summed E-state index contributed by atoms with van der Waals surface area (Å²) in [6.07, 6.45) is 0. The third-order valence-corrected chi connectivity index (χ3v) is 5.02. The number of amides is 1. The molecular formula is C19H19N5O3. The van der Waals surface area contributed by atoms with Crippen LogP contribution in [0.1, 0.15) is 5.56 Å². The predicted octanol–water partition coefficient (Wildman–Crippen LogP) is 1.95. The van der Waals surface area contributed by atoms with Crippen LogP contribution in [0.15, 0.2) is 42.5 Å². The zero-order chi connectivity index (χ0) is 18.2. The van der Waals surface area contributed by atoms with Gasteiger partial charge in [-0.2, -0.15) is 4.68 Å². The van der Waals surface area contributed by atoms with Gasteiger partial charge in [0.1, 0.15) is 5.52 Å². The van der Waals surface area contributed by atoms with Gasteiger partial charge in [-0.15, -0.1) is 5.10 Å². The lowest BCUT2D eigenvalue weighted by molar-refractivity contribution is 0.134. The number of hydrogen-bond donors (Lipinski definition) is 0. The van der Waals surface area contributed by atoms with Crippen LogP contribution in [-0.2, 0) is 6.54 Å². The Hall–Kier alpha value is -3.13. The van der Waals surface area contributed by atoms with Crippen molar-refractivity contribution in [1.82, 2.24) is 24.8 Å². The van der Waals surface area contributed by atoms with Crippen LogP contribution in [-0.4, -0.2) is 63.8 Å². The Morgan fingerprint density at radius 1 is 1.00 bits per heavy atom. The molecule has 0 aliphatic carbocycles. The highest BCUT2D eigenvalue weighted by Crippen LogP contribution is 2.32. The van der Waals surface area contributed by atoms with Gasteiger partial charge in [-0.3, -0.25) is 4.90 Å². The molecule has 0 saturated carbocycles. The third kappa shape index (κ3) is 2.97. The number of benzene rings is 2. The van der Waals surface area contributed by atoms with E-state index in [0.29, 0.717) is 13.1 Å². The zero-order valence-electron chi connectivity index (χ0n) is 14.7. The molecule has 2 aromatic carbocycles. The Morgan fingerprint density at radius 2 is 1.81 bits per heavy atom. The molecule has 0 N–H and O–H groups in total. The Bertz CT molecular complexity index is 994. The summed E-state index contributed by atoms with van der Waals surface area (Å²) in [5, 5.41) is 8.09. The minimum atomic E-state index is -0.119. The molecule has 1 fully saturated rings. The first-order chi connectivity index (χ1) is 13.3. The van der Waals surface area contributed by atoms with Gasteiger partial charge in [0.25, 0.3) is 0 Å². The Labute approximate surface area is 155 Å². The SMILES string of the molecule is O=C(N1CCN(Cc2ccc3c(c2)OCO3)CC1)n1nnc2ccccc21. The van der Waals surface area contributed by atoms with Crippen LogP contribution in [0.2, 0.25) is 0 Å². The van der Waals surface area contributed by atoms with Crippen molar-refractivity contribution in [3.05, 3.63) is 48.0 Å². The molecule has 0 spiro atoms. The summed E-state index contributed by atoms with van der Waals surface area (Å²) in [6, 6.07) is 13.4. The molecule has 27 heavy (non-hydrogen) atoms. The van der Waals surface area contributed by atoms with E-state index in [-0.39, 0.29) is 12.8 Å². The number of fused-ring (bicyclic) bond motifs is 2. The highest BCUT2D eigenvalue weighted by Gasteiger charge is 2.24. The van der Waals surface area contributed by atoms with E-state index in [2.05, 4.69) is 21.3 Å². The van der Waals surface area contributed by atoms with Crippen LogP contribution >= 0.6 is 0 Å². The van der Waals surface area contributed by atoms with Gasteiger partial charge in [0.2, 0.25) is 6.79 Å². The average Bonchev–Trinajstić information content (AvgIpc) is 3.34. The van der Waals surface area contributed by atoms with E-state index in [1.165, 1.54) is 10.2 Å². The summed E-state index contributed by atoms with van der Waals surface area (Å²) < 4.78 is 12.2. The number of carbonyl (C=O) groups excluding carboxylic acids is 1. The fourth-order valence-corrected chi connectivity index (χ4v) is 3.54. The lowest BCUT2D eigenvalue weighted by atomic mass is 10.1. The predicted molar refractivity (Wildman–Crippen MR) is 97.7 cm³/mol. The summed E-state index contributed by atoms with van der Waals surface area (Å²) in [6.45, 7) is 4.07. The number of para-hydroxylation sites is 1. The van der Waals surface area contributed by atoms with E-state index in [4.69, 9.17) is 9.47 Å². The first-order valence-electron chi connectivity index (χ1n) is 8.98. The molecular weight excluding hydrogens is 346 g/mol. The number of nitrogens with zero attached hydrogens (tertiary/aromatic N) is 5. The highest BCUT2D eigenvalue weighted by atomic mass is 16.7. The molecule has 3 aromatic rings. The molecule has 8 heteroatoms. The minimum absolute atomic E-state index is 0.119. The summed E-state index contributed by atoms with van der Waals surface area (Å²) in [7, 11) is 0. The molecule has 2 aliphatic rings. The van der Waals surface area contributed by atoms with Gasteiger partial charge in [0.15, 0.2) is 11.5 Å². The van der Waals surface area contributed by atoms with Gasteiger partial charge < -0.3 is 14.4 Å². The standard InChI is InChI=1S/C19H19N5O3/c25-19(24-16-4-2-1-3-15(16)20-21-24)23-9-7-22(8-10-23)12-14-5-6-17-18(11-14)27-13-26-17/h1-6,11H,7-10,12-13H2. The molecule has 138 valence electrons. The maximum absolute atomic E-state index is 12.8. The highest BCUT2D eigenvalue weighted by molar-refractivity contribution is 5.87. The third-order valence-electron chi connectivity index (χ3n) is 5.02. The first kappa shape index (κ1) is 16.1. The van der Waals surface area contributed by atoms with E-state index in [9.17, 15) is 4.79 Å². The van der Waals surface area contributed by atoms with Crippen molar-refractivity contribution in [3.63, 3.8) is 0 Å². The fourth-order valence-electron chi connectivity index (χ4n) is 3.54. The van der Waals surface area contributed by atoms with Crippen LogP contribution in [0, 0.1) is 0 Å². The van der Waals surface area contributed by atoms with Crippen molar-refractivity contribution >= 4 is 17.1 Å². The number of ether oxygens (including phenoxy) is 2. The fraction of sp³-hybridized carbons (Fsp3) is 0.316. The first-order valence-corrected chi connectivity index (χ1v) is 8.98. The number of hydrogen-bond acceptors (Lipinski definition) is 6. The quantitative estimate of drug-likeness (QED) is 0.691. The maximum Gasteiger partial charge on any atom is 0.346 e. The normalized spacial score (nSPS) is 16.8.